The Kier molecular flexibility index (Phi) is 8.16. The molecule has 1 amide bonds. The number of nitrogens with zero attached hydrogens (tertiary/aromatic N) is 2. The van der Waals surface area contributed by atoms with E-state index in [1.165, 1.54) is 40.7 Å². The number of benzene rings is 2. The third-order valence-corrected chi connectivity index (χ3v) is 6.45. The van der Waals surface area contributed by atoms with Gasteiger partial charge in [0.2, 0.25) is 10.0 Å². The van der Waals surface area contributed by atoms with Gasteiger partial charge in [-0.05, 0) is 42.2 Å². The molecule has 0 aliphatic rings. The number of nitro groups is 1. The van der Waals surface area contributed by atoms with Crippen LogP contribution in [0.4, 0.5) is 11.4 Å². The van der Waals surface area contributed by atoms with Crippen LogP contribution in [-0.2, 0) is 10.0 Å². The van der Waals surface area contributed by atoms with Gasteiger partial charge in [-0.1, -0.05) is 39.3 Å². The maximum Gasteiger partial charge on any atom is 0.270 e. The maximum absolute atomic E-state index is 13.1. The number of nitrogens with one attached hydrogen (secondary N) is 1. The first-order valence-corrected chi connectivity index (χ1v) is 11.6. The number of anilines is 1. The molecule has 0 aliphatic carbocycles. The Labute approximate surface area is 187 Å². The molecule has 2 aromatic carbocycles. The molecule has 2 rings (SSSR count). The second-order valence-electron chi connectivity index (χ2n) is 8.01. The first-order chi connectivity index (χ1) is 14.4. The summed E-state index contributed by atoms with van der Waals surface area (Å²) in [6, 6.07) is 9.43. The van der Waals surface area contributed by atoms with Crippen LogP contribution in [0.3, 0.4) is 0 Å². The van der Waals surface area contributed by atoms with E-state index in [1.54, 1.807) is 0 Å². The van der Waals surface area contributed by atoms with E-state index in [2.05, 4.69) is 5.32 Å². The number of hydrogen-bond acceptors (Lipinski definition) is 5. The lowest BCUT2D eigenvalue weighted by Gasteiger charge is -2.25. The normalized spacial score (nSPS) is 11.9. The van der Waals surface area contributed by atoms with E-state index in [-0.39, 0.29) is 33.0 Å². The van der Waals surface area contributed by atoms with Gasteiger partial charge in [0.1, 0.15) is 0 Å². The molecule has 0 bridgehead atoms. The standard InChI is InChI=1S/C21H26ClN3O5S/c1-14(2)12-24(13-15(3)4)31(29,30)18-8-5-16(6-9-18)23-21(26)19-10-7-17(25(27)28)11-20(19)22/h5-11,14-15H,12-13H2,1-4H3,(H,23,26). The molecule has 0 radical (unpaired) electrons. The number of hydrogen-bond donors (Lipinski definition) is 1. The molecule has 0 saturated heterocycles. The fraction of sp³-hybridized carbons (Fsp3) is 0.381. The van der Waals surface area contributed by atoms with Crippen molar-refractivity contribution >= 4 is 38.9 Å². The summed E-state index contributed by atoms with van der Waals surface area (Å²) < 4.78 is 27.6. The molecule has 0 spiro atoms. The molecular formula is C21H26ClN3O5S. The van der Waals surface area contributed by atoms with Crippen molar-refractivity contribution < 1.29 is 18.1 Å². The molecule has 1 N–H and O–H groups in total. The van der Waals surface area contributed by atoms with Crippen molar-refractivity contribution in [1.82, 2.24) is 4.31 Å². The highest BCUT2D eigenvalue weighted by Gasteiger charge is 2.26. The summed E-state index contributed by atoms with van der Waals surface area (Å²) in [6.07, 6.45) is 0. The summed E-state index contributed by atoms with van der Waals surface area (Å²) >= 11 is 5.99. The van der Waals surface area contributed by atoms with Crippen molar-refractivity contribution in [3.05, 3.63) is 63.2 Å². The number of non-ortho nitro benzene ring substituents is 1. The van der Waals surface area contributed by atoms with Gasteiger partial charge in [-0.15, -0.1) is 0 Å². The van der Waals surface area contributed by atoms with Gasteiger partial charge >= 0.3 is 0 Å². The van der Waals surface area contributed by atoms with E-state index in [9.17, 15) is 23.3 Å². The second kappa shape index (κ2) is 10.2. The Morgan fingerprint density at radius 2 is 1.61 bits per heavy atom. The molecule has 31 heavy (non-hydrogen) atoms. The number of sulfonamides is 1. The molecular weight excluding hydrogens is 442 g/mol. The average molecular weight is 468 g/mol. The average Bonchev–Trinajstić information content (AvgIpc) is 2.66. The molecule has 2 aromatic rings. The molecule has 0 saturated carbocycles. The number of rotatable bonds is 9. The van der Waals surface area contributed by atoms with Gasteiger partial charge in [0.15, 0.2) is 0 Å². The van der Waals surface area contributed by atoms with Gasteiger partial charge in [0, 0.05) is 30.9 Å². The lowest BCUT2D eigenvalue weighted by molar-refractivity contribution is -0.384. The van der Waals surface area contributed by atoms with E-state index >= 15 is 0 Å². The molecule has 0 unspecified atom stereocenters. The molecule has 0 fully saturated rings. The van der Waals surface area contributed by atoms with Crippen molar-refractivity contribution in [1.29, 1.82) is 0 Å². The fourth-order valence-electron chi connectivity index (χ4n) is 2.94. The summed E-state index contributed by atoms with van der Waals surface area (Å²) in [5.74, 6) is -0.200. The smallest absolute Gasteiger partial charge is 0.270 e. The van der Waals surface area contributed by atoms with E-state index in [4.69, 9.17) is 11.6 Å². The largest absolute Gasteiger partial charge is 0.322 e. The number of carbonyl (C=O) groups is 1. The van der Waals surface area contributed by atoms with Crippen molar-refractivity contribution in [3.63, 3.8) is 0 Å². The van der Waals surface area contributed by atoms with Crippen LogP contribution in [-0.4, -0.2) is 36.6 Å². The second-order valence-corrected chi connectivity index (χ2v) is 10.4. The zero-order valence-electron chi connectivity index (χ0n) is 17.8. The molecule has 0 atom stereocenters. The minimum Gasteiger partial charge on any atom is -0.322 e. The third-order valence-electron chi connectivity index (χ3n) is 4.30. The highest BCUT2D eigenvalue weighted by molar-refractivity contribution is 7.89. The lowest BCUT2D eigenvalue weighted by atomic mass is 10.2. The van der Waals surface area contributed by atoms with Crippen LogP contribution in [0.5, 0.6) is 0 Å². The summed E-state index contributed by atoms with van der Waals surface area (Å²) in [4.78, 5) is 22.8. The minimum atomic E-state index is -3.67. The van der Waals surface area contributed by atoms with Crippen molar-refractivity contribution in [3.8, 4) is 0 Å². The van der Waals surface area contributed by atoms with E-state index in [0.717, 1.165) is 6.07 Å². The fourth-order valence-corrected chi connectivity index (χ4v) is 4.97. The highest BCUT2D eigenvalue weighted by atomic mass is 35.5. The van der Waals surface area contributed by atoms with Gasteiger partial charge in [-0.3, -0.25) is 14.9 Å². The van der Waals surface area contributed by atoms with E-state index < -0.39 is 20.9 Å². The molecule has 0 aromatic heterocycles. The lowest BCUT2D eigenvalue weighted by Crippen LogP contribution is -2.37. The summed E-state index contributed by atoms with van der Waals surface area (Å²) in [5.41, 5.74) is 0.227. The first-order valence-electron chi connectivity index (χ1n) is 9.77. The van der Waals surface area contributed by atoms with E-state index in [1.807, 2.05) is 27.7 Å². The Hall–Kier alpha value is -2.49. The van der Waals surface area contributed by atoms with Crippen molar-refractivity contribution in [2.75, 3.05) is 18.4 Å². The van der Waals surface area contributed by atoms with Crippen LogP contribution in [0.2, 0.25) is 5.02 Å². The Morgan fingerprint density at radius 3 is 2.06 bits per heavy atom. The Morgan fingerprint density at radius 1 is 1.06 bits per heavy atom. The highest BCUT2D eigenvalue weighted by Crippen LogP contribution is 2.25. The SMILES string of the molecule is CC(C)CN(CC(C)C)S(=O)(=O)c1ccc(NC(=O)c2ccc([N+](=O)[O-])cc2Cl)cc1. The van der Waals surface area contributed by atoms with Crippen LogP contribution in [0, 0.1) is 22.0 Å². The minimum absolute atomic E-state index is 0.0519. The van der Waals surface area contributed by atoms with Gasteiger partial charge in [-0.2, -0.15) is 4.31 Å². The summed E-state index contributed by atoms with van der Waals surface area (Å²) in [7, 11) is -3.67. The number of halogens is 1. The van der Waals surface area contributed by atoms with Crippen LogP contribution in [0.15, 0.2) is 47.4 Å². The third kappa shape index (κ3) is 6.49. The zero-order chi connectivity index (χ0) is 23.3. The first kappa shape index (κ1) is 24.8. The predicted molar refractivity (Wildman–Crippen MR) is 121 cm³/mol. The van der Waals surface area contributed by atoms with E-state index in [0.29, 0.717) is 18.8 Å². The molecule has 10 heteroatoms. The molecule has 168 valence electrons. The maximum atomic E-state index is 13.1. The predicted octanol–water partition coefficient (Wildman–Crippen LogP) is 4.80. The van der Waals surface area contributed by atoms with Gasteiger partial charge in [0.25, 0.3) is 11.6 Å². The van der Waals surface area contributed by atoms with Crippen molar-refractivity contribution in [2.24, 2.45) is 11.8 Å². The Bertz CT molecular complexity index is 1040. The summed E-state index contributed by atoms with van der Waals surface area (Å²) in [5, 5.41) is 13.4. The van der Waals surface area contributed by atoms with Crippen molar-refractivity contribution in [2.45, 2.75) is 32.6 Å². The van der Waals surface area contributed by atoms with Gasteiger partial charge < -0.3 is 5.32 Å². The number of amides is 1. The number of nitro benzene ring substituents is 1. The zero-order valence-corrected chi connectivity index (χ0v) is 19.4. The van der Waals surface area contributed by atoms with Crippen LogP contribution in [0.1, 0.15) is 38.1 Å². The van der Waals surface area contributed by atoms with Crippen LogP contribution >= 0.6 is 11.6 Å². The Balaban J connectivity index is 2.20. The van der Waals surface area contributed by atoms with Crippen LogP contribution < -0.4 is 5.32 Å². The topological polar surface area (TPSA) is 110 Å². The van der Waals surface area contributed by atoms with Gasteiger partial charge in [-0.25, -0.2) is 8.42 Å². The monoisotopic (exact) mass is 467 g/mol. The molecule has 8 nitrogen and oxygen atoms in total. The molecule has 0 aliphatic heterocycles. The quantitative estimate of drug-likeness (QED) is 0.420. The number of carbonyl (C=O) groups excluding carboxylic acids is 1. The van der Waals surface area contributed by atoms with Gasteiger partial charge in [0.05, 0.1) is 20.4 Å². The van der Waals surface area contributed by atoms with Crippen LogP contribution in [0.25, 0.3) is 0 Å². The molecule has 0 heterocycles. The summed E-state index contributed by atoms with van der Waals surface area (Å²) in [6.45, 7) is 8.68.